The maximum absolute atomic E-state index is 12.5. The minimum Gasteiger partial charge on any atom is -0.462 e. The lowest BCUT2D eigenvalue weighted by Crippen LogP contribution is -2.22. The molecule has 0 radical (unpaired) electrons. The van der Waals surface area contributed by atoms with Crippen LogP contribution in [-0.4, -0.2) is 31.1 Å². The molecule has 1 fully saturated rings. The van der Waals surface area contributed by atoms with E-state index in [9.17, 15) is 14.4 Å². The molecule has 1 N–H and O–H groups in total. The van der Waals surface area contributed by atoms with Gasteiger partial charge in [0, 0.05) is 4.88 Å². The minimum atomic E-state index is -0.488. The molecular weight excluding hydrogens is 378 g/mol. The number of anilines is 1. The summed E-state index contributed by atoms with van der Waals surface area (Å²) >= 11 is 1.30. The molecule has 1 amide bonds. The van der Waals surface area contributed by atoms with Gasteiger partial charge >= 0.3 is 11.9 Å². The predicted octanol–water partition coefficient (Wildman–Crippen LogP) is 4.04. The van der Waals surface area contributed by atoms with Crippen molar-refractivity contribution in [1.29, 1.82) is 0 Å². The first-order chi connectivity index (χ1) is 13.4. The molecule has 6 nitrogen and oxygen atoms in total. The Bertz CT molecular complexity index is 890. The fourth-order valence-electron chi connectivity index (χ4n) is 2.97. The molecule has 1 saturated carbocycles. The smallest absolute Gasteiger partial charge is 0.341 e. The molecular formula is C21H23NO5S. The second-order valence-corrected chi connectivity index (χ2v) is 7.84. The number of nitrogens with one attached hydrogen (secondary N) is 1. The Labute approximate surface area is 167 Å². The Morgan fingerprint density at radius 3 is 2.46 bits per heavy atom. The zero-order chi connectivity index (χ0) is 20.3. The number of benzene rings is 1. The van der Waals surface area contributed by atoms with E-state index < -0.39 is 11.9 Å². The standard InChI is InChI=1S/C21H23NO5S/c1-4-26-21(25)17-13(3)18(14-8-6-5-7-9-14)28-19(17)22-16(23)11-27-20(24)15-10-12(15)2/h5-9,12,15H,4,10-11H2,1-3H3,(H,22,23)/t12-,15+/m1/s1. The molecule has 0 saturated heterocycles. The first kappa shape index (κ1) is 20.1. The van der Waals surface area contributed by atoms with Crippen LogP contribution in [-0.2, 0) is 19.1 Å². The molecule has 2 atom stereocenters. The third-order valence-corrected chi connectivity index (χ3v) is 5.93. The van der Waals surface area contributed by atoms with Gasteiger partial charge in [0.1, 0.15) is 5.00 Å². The normalized spacial score (nSPS) is 17.7. The molecule has 28 heavy (non-hydrogen) atoms. The van der Waals surface area contributed by atoms with Gasteiger partial charge in [0.25, 0.3) is 5.91 Å². The summed E-state index contributed by atoms with van der Waals surface area (Å²) in [5.74, 6) is -1.10. The van der Waals surface area contributed by atoms with Crippen molar-refractivity contribution in [2.24, 2.45) is 11.8 Å². The lowest BCUT2D eigenvalue weighted by atomic mass is 10.1. The van der Waals surface area contributed by atoms with Crippen LogP contribution in [0.4, 0.5) is 5.00 Å². The van der Waals surface area contributed by atoms with E-state index in [1.807, 2.05) is 44.2 Å². The maximum atomic E-state index is 12.5. The average molecular weight is 401 g/mol. The molecule has 1 aliphatic rings. The highest BCUT2D eigenvalue weighted by Crippen LogP contribution is 2.40. The van der Waals surface area contributed by atoms with Crippen molar-refractivity contribution < 1.29 is 23.9 Å². The van der Waals surface area contributed by atoms with Crippen molar-refractivity contribution in [1.82, 2.24) is 0 Å². The summed E-state index contributed by atoms with van der Waals surface area (Å²) in [6.45, 7) is 5.39. The number of hydrogen-bond acceptors (Lipinski definition) is 6. The monoisotopic (exact) mass is 401 g/mol. The van der Waals surface area contributed by atoms with Crippen molar-refractivity contribution in [3.63, 3.8) is 0 Å². The van der Waals surface area contributed by atoms with Gasteiger partial charge in [-0.3, -0.25) is 9.59 Å². The van der Waals surface area contributed by atoms with Crippen LogP contribution in [0.3, 0.4) is 0 Å². The first-order valence-electron chi connectivity index (χ1n) is 9.24. The van der Waals surface area contributed by atoms with Crippen LogP contribution in [0.15, 0.2) is 30.3 Å². The van der Waals surface area contributed by atoms with E-state index in [1.54, 1.807) is 6.92 Å². The van der Waals surface area contributed by atoms with Gasteiger partial charge in [-0.05, 0) is 37.3 Å². The van der Waals surface area contributed by atoms with Crippen molar-refractivity contribution in [2.45, 2.75) is 27.2 Å². The summed E-state index contributed by atoms with van der Waals surface area (Å²) in [6.07, 6.45) is 0.804. The fourth-order valence-corrected chi connectivity index (χ4v) is 4.19. The van der Waals surface area contributed by atoms with E-state index >= 15 is 0 Å². The molecule has 7 heteroatoms. The van der Waals surface area contributed by atoms with Crippen LogP contribution in [0.5, 0.6) is 0 Å². The van der Waals surface area contributed by atoms with Crippen LogP contribution in [0, 0.1) is 18.8 Å². The van der Waals surface area contributed by atoms with Crippen LogP contribution < -0.4 is 5.32 Å². The second kappa shape index (κ2) is 8.56. The van der Waals surface area contributed by atoms with E-state index in [0.717, 1.165) is 22.4 Å². The highest BCUT2D eigenvalue weighted by atomic mass is 32.1. The molecule has 0 aliphatic heterocycles. The summed E-state index contributed by atoms with van der Waals surface area (Å²) in [6, 6.07) is 9.62. The Kier molecular flexibility index (Phi) is 6.14. The summed E-state index contributed by atoms with van der Waals surface area (Å²) in [5.41, 5.74) is 2.03. The van der Waals surface area contributed by atoms with Crippen LogP contribution in [0.2, 0.25) is 0 Å². The minimum absolute atomic E-state index is 0.100. The number of hydrogen-bond donors (Lipinski definition) is 1. The van der Waals surface area contributed by atoms with Crippen LogP contribution in [0.1, 0.15) is 36.2 Å². The van der Waals surface area contributed by atoms with E-state index in [1.165, 1.54) is 11.3 Å². The summed E-state index contributed by atoms with van der Waals surface area (Å²) < 4.78 is 10.2. The number of carbonyl (C=O) groups excluding carboxylic acids is 3. The van der Waals surface area contributed by atoms with Gasteiger partial charge in [-0.2, -0.15) is 0 Å². The Morgan fingerprint density at radius 1 is 1.18 bits per heavy atom. The largest absolute Gasteiger partial charge is 0.462 e. The average Bonchev–Trinajstić information content (AvgIpc) is 3.32. The van der Waals surface area contributed by atoms with Gasteiger partial charge in [-0.15, -0.1) is 11.3 Å². The first-order valence-corrected chi connectivity index (χ1v) is 10.1. The van der Waals surface area contributed by atoms with Crippen molar-refractivity contribution in [2.75, 3.05) is 18.5 Å². The van der Waals surface area contributed by atoms with Crippen molar-refractivity contribution >= 4 is 34.2 Å². The molecule has 1 heterocycles. The molecule has 0 bridgehead atoms. The topological polar surface area (TPSA) is 81.7 Å². The SMILES string of the molecule is CCOC(=O)c1c(NC(=O)COC(=O)[C@H]2C[C@H]2C)sc(-c2ccccc2)c1C. The van der Waals surface area contributed by atoms with E-state index in [4.69, 9.17) is 9.47 Å². The molecule has 0 unspecified atom stereocenters. The Balaban J connectivity index is 1.79. The number of thiophene rings is 1. The summed E-state index contributed by atoms with van der Waals surface area (Å²) in [4.78, 5) is 37.4. The van der Waals surface area contributed by atoms with Crippen molar-refractivity contribution in [3.8, 4) is 10.4 Å². The Morgan fingerprint density at radius 2 is 1.86 bits per heavy atom. The summed E-state index contributed by atoms with van der Waals surface area (Å²) in [5, 5.41) is 3.11. The van der Waals surface area contributed by atoms with Gasteiger partial charge in [0.15, 0.2) is 6.61 Å². The number of amides is 1. The number of esters is 2. The molecule has 2 aromatic rings. The molecule has 148 valence electrons. The van der Waals surface area contributed by atoms with Gasteiger partial charge in [-0.25, -0.2) is 4.79 Å². The van der Waals surface area contributed by atoms with E-state index in [-0.39, 0.29) is 25.1 Å². The molecule has 0 spiro atoms. The Hall–Kier alpha value is -2.67. The zero-order valence-electron chi connectivity index (χ0n) is 16.1. The molecule has 1 aromatic carbocycles. The highest BCUT2D eigenvalue weighted by Gasteiger charge is 2.40. The highest BCUT2D eigenvalue weighted by molar-refractivity contribution is 7.20. The zero-order valence-corrected chi connectivity index (χ0v) is 16.9. The third-order valence-electron chi connectivity index (χ3n) is 4.67. The van der Waals surface area contributed by atoms with Crippen LogP contribution >= 0.6 is 11.3 Å². The molecule has 1 aliphatic carbocycles. The quantitative estimate of drug-likeness (QED) is 0.708. The van der Waals surface area contributed by atoms with Crippen molar-refractivity contribution in [3.05, 3.63) is 41.5 Å². The summed E-state index contributed by atoms with van der Waals surface area (Å²) in [7, 11) is 0. The van der Waals surface area contributed by atoms with Crippen LogP contribution in [0.25, 0.3) is 10.4 Å². The lowest BCUT2D eigenvalue weighted by molar-refractivity contribution is -0.148. The van der Waals surface area contributed by atoms with E-state index in [2.05, 4.69) is 5.32 Å². The maximum Gasteiger partial charge on any atom is 0.341 e. The van der Waals surface area contributed by atoms with Gasteiger partial charge in [0.2, 0.25) is 0 Å². The number of rotatable bonds is 7. The van der Waals surface area contributed by atoms with Gasteiger partial charge in [-0.1, -0.05) is 37.3 Å². The number of ether oxygens (including phenoxy) is 2. The number of carbonyl (C=O) groups is 3. The predicted molar refractivity (Wildman–Crippen MR) is 107 cm³/mol. The third kappa shape index (κ3) is 4.42. The molecule has 1 aromatic heterocycles. The second-order valence-electron chi connectivity index (χ2n) is 6.82. The lowest BCUT2D eigenvalue weighted by Gasteiger charge is -2.07. The van der Waals surface area contributed by atoms with Gasteiger partial charge in [0.05, 0.1) is 18.1 Å². The fraction of sp³-hybridized carbons (Fsp3) is 0.381. The molecule has 3 rings (SSSR count). The van der Waals surface area contributed by atoms with E-state index in [0.29, 0.717) is 16.5 Å². The van der Waals surface area contributed by atoms with Gasteiger partial charge < -0.3 is 14.8 Å².